The van der Waals surface area contributed by atoms with Gasteiger partial charge in [-0.25, -0.2) is 4.68 Å². The molecule has 0 radical (unpaired) electrons. The molecule has 0 saturated heterocycles. The van der Waals surface area contributed by atoms with Crippen molar-refractivity contribution in [2.45, 2.75) is 20.4 Å². The average Bonchev–Trinajstić information content (AvgIpc) is 2.66. The summed E-state index contributed by atoms with van der Waals surface area (Å²) in [6.07, 6.45) is 0. The molecular formula is C19H18N4O3. The van der Waals surface area contributed by atoms with Gasteiger partial charge in [0.2, 0.25) is 0 Å². The number of benzene rings is 2. The summed E-state index contributed by atoms with van der Waals surface area (Å²) >= 11 is 0. The number of nitrogens with one attached hydrogen (secondary N) is 2. The Morgan fingerprint density at radius 2 is 1.58 bits per heavy atom. The highest BCUT2D eigenvalue weighted by atomic mass is 16.2. The van der Waals surface area contributed by atoms with Crippen LogP contribution < -0.4 is 16.4 Å². The highest BCUT2D eigenvalue weighted by Crippen LogP contribution is 2.13. The van der Waals surface area contributed by atoms with E-state index in [0.717, 1.165) is 5.56 Å². The Balaban J connectivity index is 1.89. The number of hydrazine groups is 1. The molecule has 7 nitrogen and oxygen atoms in total. The molecule has 3 rings (SSSR count). The van der Waals surface area contributed by atoms with Gasteiger partial charge in [0.05, 0.1) is 5.39 Å². The highest BCUT2D eigenvalue weighted by molar-refractivity contribution is 6.06. The van der Waals surface area contributed by atoms with Gasteiger partial charge in [-0.1, -0.05) is 36.4 Å². The lowest BCUT2D eigenvalue weighted by Gasteiger charge is -2.11. The standard InChI is InChI=1S/C19H18N4O3/c1-3-23-19(26)15-11-7-6-10-14(15)16(22-23)18(25)21-20-17(24)13-9-5-4-8-12(13)2/h4-11H,3H2,1-2H3,(H,20,24)(H,21,25). The third-order valence-corrected chi connectivity index (χ3v) is 4.06. The molecule has 0 fully saturated rings. The van der Waals surface area contributed by atoms with Crippen LogP contribution in [0.3, 0.4) is 0 Å². The predicted octanol–water partition coefficient (Wildman–Crippen LogP) is 1.80. The van der Waals surface area contributed by atoms with Crippen LogP contribution in [0.4, 0.5) is 0 Å². The van der Waals surface area contributed by atoms with Crippen molar-refractivity contribution in [2.24, 2.45) is 0 Å². The summed E-state index contributed by atoms with van der Waals surface area (Å²) < 4.78 is 1.22. The number of nitrogens with zero attached hydrogens (tertiary/aromatic N) is 2. The molecule has 0 atom stereocenters. The largest absolute Gasteiger partial charge is 0.290 e. The summed E-state index contributed by atoms with van der Waals surface area (Å²) in [6.45, 7) is 3.91. The van der Waals surface area contributed by atoms with E-state index >= 15 is 0 Å². The van der Waals surface area contributed by atoms with Crippen molar-refractivity contribution in [3.63, 3.8) is 0 Å². The number of aryl methyl sites for hydroxylation is 2. The van der Waals surface area contributed by atoms with Crippen LogP contribution in [-0.2, 0) is 6.54 Å². The molecule has 7 heteroatoms. The monoisotopic (exact) mass is 350 g/mol. The predicted molar refractivity (Wildman–Crippen MR) is 97.8 cm³/mol. The molecule has 1 heterocycles. The first-order valence-electron chi connectivity index (χ1n) is 8.19. The maximum atomic E-state index is 12.6. The minimum Gasteiger partial charge on any atom is -0.267 e. The van der Waals surface area contributed by atoms with Gasteiger partial charge >= 0.3 is 0 Å². The molecule has 2 amide bonds. The van der Waals surface area contributed by atoms with Gasteiger partial charge in [-0.3, -0.25) is 25.2 Å². The van der Waals surface area contributed by atoms with Crippen molar-refractivity contribution in [1.82, 2.24) is 20.6 Å². The zero-order valence-corrected chi connectivity index (χ0v) is 14.4. The number of amides is 2. The number of rotatable bonds is 3. The van der Waals surface area contributed by atoms with Crippen LogP contribution in [0.15, 0.2) is 53.3 Å². The third kappa shape index (κ3) is 3.19. The molecule has 0 aliphatic rings. The average molecular weight is 350 g/mol. The van der Waals surface area contributed by atoms with Crippen molar-refractivity contribution >= 4 is 22.6 Å². The summed E-state index contributed by atoms with van der Waals surface area (Å²) in [5.41, 5.74) is 5.83. The zero-order valence-electron chi connectivity index (χ0n) is 14.4. The van der Waals surface area contributed by atoms with E-state index < -0.39 is 11.8 Å². The topological polar surface area (TPSA) is 93.1 Å². The van der Waals surface area contributed by atoms with Crippen molar-refractivity contribution in [3.8, 4) is 0 Å². The Morgan fingerprint density at radius 1 is 0.962 bits per heavy atom. The molecule has 0 spiro atoms. The minimum absolute atomic E-state index is 0.0760. The first-order valence-corrected chi connectivity index (χ1v) is 8.19. The Bertz CT molecular complexity index is 1060. The van der Waals surface area contributed by atoms with Crippen LogP contribution in [0.2, 0.25) is 0 Å². The summed E-state index contributed by atoms with van der Waals surface area (Å²) in [4.78, 5) is 37.1. The van der Waals surface area contributed by atoms with Gasteiger partial charge in [0.15, 0.2) is 5.69 Å². The summed E-state index contributed by atoms with van der Waals surface area (Å²) in [5.74, 6) is -1.02. The molecule has 0 aliphatic heterocycles. The van der Waals surface area contributed by atoms with E-state index in [1.54, 1.807) is 43.3 Å². The Kier molecular flexibility index (Phi) is 4.79. The van der Waals surface area contributed by atoms with Crippen LogP contribution in [0.1, 0.15) is 33.3 Å². The van der Waals surface area contributed by atoms with Crippen LogP contribution in [-0.4, -0.2) is 21.6 Å². The Hall–Kier alpha value is -3.48. The zero-order chi connectivity index (χ0) is 18.7. The lowest BCUT2D eigenvalue weighted by molar-refractivity contribution is 0.0843. The fourth-order valence-electron chi connectivity index (χ4n) is 2.68. The molecule has 2 N–H and O–H groups in total. The van der Waals surface area contributed by atoms with Gasteiger partial charge in [-0.15, -0.1) is 0 Å². The summed E-state index contributed by atoms with van der Waals surface area (Å²) in [5, 5.41) is 4.97. The molecular weight excluding hydrogens is 332 g/mol. The number of fused-ring (bicyclic) bond motifs is 1. The second-order valence-electron chi connectivity index (χ2n) is 5.74. The number of carbonyl (C=O) groups excluding carboxylic acids is 2. The van der Waals surface area contributed by atoms with Crippen molar-refractivity contribution in [1.29, 1.82) is 0 Å². The molecule has 132 valence electrons. The Labute approximate surface area is 149 Å². The number of hydrogen-bond acceptors (Lipinski definition) is 4. The van der Waals surface area contributed by atoms with Crippen LogP contribution in [0.25, 0.3) is 10.8 Å². The smallest absolute Gasteiger partial charge is 0.267 e. The van der Waals surface area contributed by atoms with E-state index in [-0.39, 0.29) is 11.3 Å². The molecule has 26 heavy (non-hydrogen) atoms. The molecule has 2 aromatic carbocycles. The van der Waals surface area contributed by atoms with Gasteiger partial charge in [0, 0.05) is 17.5 Å². The van der Waals surface area contributed by atoms with E-state index in [1.165, 1.54) is 4.68 Å². The second kappa shape index (κ2) is 7.18. The molecule has 0 saturated carbocycles. The molecule has 0 aliphatic carbocycles. The Morgan fingerprint density at radius 3 is 2.27 bits per heavy atom. The second-order valence-corrected chi connectivity index (χ2v) is 5.74. The van der Waals surface area contributed by atoms with Crippen LogP contribution in [0.5, 0.6) is 0 Å². The lowest BCUT2D eigenvalue weighted by Crippen LogP contribution is -2.43. The van der Waals surface area contributed by atoms with E-state index in [0.29, 0.717) is 22.9 Å². The van der Waals surface area contributed by atoms with Crippen molar-refractivity contribution < 1.29 is 9.59 Å². The van der Waals surface area contributed by atoms with Gasteiger partial charge in [0.25, 0.3) is 17.4 Å². The maximum Gasteiger partial charge on any atom is 0.290 e. The van der Waals surface area contributed by atoms with Crippen molar-refractivity contribution in [2.75, 3.05) is 0 Å². The minimum atomic E-state index is -0.592. The van der Waals surface area contributed by atoms with Gasteiger partial charge in [0.1, 0.15) is 0 Å². The van der Waals surface area contributed by atoms with Crippen molar-refractivity contribution in [3.05, 3.63) is 75.7 Å². The number of hydrogen-bond donors (Lipinski definition) is 2. The third-order valence-electron chi connectivity index (χ3n) is 4.06. The van der Waals surface area contributed by atoms with Gasteiger partial charge in [-0.2, -0.15) is 5.10 Å². The summed E-state index contributed by atoms with van der Waals surface area (Å²) in [6, 6.07) is 13.8. The fourth-order valence-corrected chi connectivity index (χ4v) is 2.68. The first kappa shape index (κ1) is 17.3. The number of carbonyl (C=O) groups is 2. The molecule has 0 unspecified atom stereocenters. The molecule has 0 bridgehead atoms. The number of aromatic nitrogens is 2. The van der Waals surface area contributed by atoms with Crippen LogP contribution >= 0.6 is 0 Å². The van der Waals surface area contributed by atoms with E-state index in [2.05, 4.69) is 16.0 Å². The normalized spacial score (nSPS) is 10.5. The lowest BCUT2D eigenvalue weighted by atomic mass is 10.1. The van der Waals surface area contributed by atoms with E-state index in [1.807, 2.05) is 19.1 Å². The SMILES string of the molecule is CCn1nc(C(=O)NNC(=O)c2ccccc2C)c2ccccc2c1=O. The molecule has 1 aromatic heterocycles. The molecule has 3 aromatic rings. The van der Waals surface area contributed by atoms with Gasteiger partial charge < -0.3 is 0 Å². The van der Waals surface area contributed by atoms with Crippen LogP contribution in [0, 0.1) is 6.92 Å². The first-order chi connectivity index (χ1) is 12.5. The quantitative estimate of drug-likeness (QED) is 0.705. The fraction of sp³-hybridized carbons (Fsp3) is 0.158. The summed E-state index contributed by atoms with van der Waals surface area (Å²) in [7, 11) is 0. The highest BCUT2D eigenvalue weighted by Gasteiger charge is 2.17. The maximum absolute atomic E-state index is 12.6. The van der Waals surface area contributed by atoms with E-state index in [9.17, 15) is 14.4 Å². The van der Waals surface area contributed by atoms with Gasteiger partial charge in [-0.05, 0) is 31.5 Å². The van der Waals surface area contributed by atoms with E-state index in [4.69, 9.17) is 0 Å².